The molecule has 0 fully saturated rings. The molecular formula is C13H16N6O2. The lowest BCUT2D eigenvalue weighted by Gasteiger charge is -2.12. The second-order valence-corrected chi connectivity index (χ2v) is 4.59. The van der Waals surface area contributed by atoms with Gasteiger partial charge in [0.1, 0.15) is 5.69 Å². The van der Waals surface area contributed by atoms with Crippen LogP contribution in [0.2, 0.25) is 0 Å². The van der Waals surface area contributed by atoms with Crippen molar-refractivity contribution < 1.29 is 4.79 Å². The second-order valence-electron chi connectivity index (χ2n) is 4.59. The van der Waals surface area contributed by atoms with E-state index in [4.69, 9.17) is 5.84 Å². The summed E-state index contributed by atoms with van der Waals surface area (Å²) in [7, 11) is 3.66. The first-order valence-corrected chi connectivity index (χ1v) is 6.22. The quantitative estimate of drug-likeness (QED) is 0.440. The highest BCUT2D eigenvalue weighted by Gasteiger charge is 2.08. The number of hydrogen-bond donors (Lipinski definition) is 2. The molecule has 8 heteroatoms. The van der Waals surface area contributed by atoms with E-state index in [2.05, 4.69) is 10.1 Å². The van der Waals surface area contributed by atoms with E-state index in [1.54, 1.807) is 23.2 Å². The first-order valence-electron chi connectivity index (χ1n) is 6.22. The number of carbonyl (C=O) groups excluding carboxylic acids is 1. The normalized spacial score (nSPS) is 10.2. The standard InChI is InChI=1S/C13H16N6O2/c1-18(2)10-6-12(20)19(15-7-10)8-9-4-3-5-11(16-9)13(21)17-14/h3-7H,8,14H2,1-2H3,(H,17,21). The van der Waals surface area contributed by atoms with E-state index < -0.39 is 5.91 Å². The van der Waals surface area contributed by atoms with Gasteiger partial charge < -0.3 is 4.90 Å². The van der Waals surface area contributed by atoms with Crippen LogP contribution < -0.4 is 21.7 Å². The van der Waals surface area contributed by atoms with Crippen LogP contribution in [-0.4, -0.2) is 34.8 Å². The molecule has 0 aliphatic rings. The van der Waals surface area contributed by atoms with E-state index in [0.29, 0.717) is 5.69 Å². The molecule has 0 atom stereocenters. The van der Waals surface area contributed by atoms with Gasteiger partial charge in [0.25, 0.3) is 11.5 Å². The van der Waals surface area contributed by atoms with Crippen LogP contribution in [0.5, 0.6) is 0 Å². The molecule has 21 heavy (non-hydrogen) atoms. The molecule has 2 heterocycles. The van der Waals surface area contributed by atoms with Gasteiger partial charge in [0, 0.05) is 20.2 Å². The minimum atomic E-state index is -0.486. The molecule has 8 nitrogen and oxygen atoms in total. The Kier molecular flexibility index (Phi) is 4.29. The number of amides is 1. The lowest BCUT2D eigenvalue weighted by atomic mass is 10.3. The first kappa shape index (κ1) is 14.7. The van der Waals surface area contributed by atoms with E-state index in [1.807, 2.05) is 19.5 Å². The molecule has 0 aliphatic heterocycles. The van der Waals surface area contributed by atoms with Crippen molar-refractivity contribution in [2.24, 2.45) is 5.84 Å². The number of rotatable bonds is 4. The van der Waals surface area contributed by atoms with Gasteiger partial charge in [0.2, 0.25) is 0 Å². The zero-order valence-corrected chi connectivity index (χ0v) is 11.8. The van der Waals surface area contributed by atoms with Crippen molar-refractivity contribution in [3.05, 3.63) is 52.2 Å². The molecular weight excluding hydrogens is 272 g/mol. The van der Waals surface area contributed by atoms with Gasteiger partial charge in [0.15, 0.2) is 0 Å². The topological polar surface area (TPSA) is 106 Å². The highest BCUT2D eigenvalue weighted by molar-refractivity contribution is 5.91. The maximum absolute atomic E-state index is 12.0. The van der Waals surface area contributed by atoms with Gasteiger partial charge in [-0.05, 0) is 12.1 Å². The van der Waals surface area contributed by atoms with Crippen LogP contribution in [0.1, 0.15) is 16.2 Å². The summed E-state index contributed by atoms with van der Waals surface area (Å²) >= 11 is 0. The Hall–Kier alpha value is -2.74. The molecule has 2 aromatic heterocycles. The van der Waals surface area contributed by atoms with Crippen LogP contribution in [0.3, 0.4) is 0 Å². The number of aromatic nitrogens is 3. The third kappa shape index (κ3) is 3.42. The van der Waals surface area contributed by atoms with E-state index in [0.717, 1.165) is 5.69 Å². The highest BCUT2D eigenvalue weighted by atomic mass is 16.2. The van der Waals surface area contributed by atoms with Gasteiger partial charge >= 0.3 is 0 Å². The van der Waals surface area contributed by atoms with Crippen LogP contribution in [-0.2, 0) is 6.54 Å². The fraction of sp³-hybridized carbons (Fsp3) is 0.231. The van der Waals surface area contributed by atoms with Gasteiger partial charge in [-0.15, -0.1) is 0 Å². The molecule has 0 bridgehead atoms. The molecule has 0 aliphatic carbocycles. The Morgan fingerprint density at radius 1 is 1.43 bits per heavy atom. The largest absolute Gasteiger partial charge is 0.376 e. The summed E-state index contributed by atoms with van der Waals surface area (Å²) in [4.78, 5) is 29.3. The van der Waals surface area contributed by atoms with Gasteiger partial charge in [-0.2, -0.15) is 5.10 Å². The fourth-order valence-corrected chi connectivity index (χ4v) is 1.71. The van der Waals surface area contributed by atoms with E-state index >= 15 is 0 Å². The van der Waals surface area contributed by atoms with Gasteiger partial charge in [-0.25, -0.2) is 15.5 Å². The van der Waals surface area contributed by atoms with Crippen LogP contribution in [0, 0.1) is 0 Å². The summed E-state index contributed by atoms with van der Waals surface area (Å²) in [6.07, 6.45) is 1.60. The lowest BCUT2D eigenvalue weighted by Crippen LogP contribution is -2.31. The third-order valence-electron chi connectivity index (χ3n) is 2.85. The Bertz CT molecular complexity index is 710. The average Bonchev–Trinajstić information content (AvgIpc) is 2.48. The van der Waals surface area contributed by atoms with Crippen molar-refractivity contribution in [3.8, 4) is 0 Å². The number of nitrogen functional groups attached to an aromatic ring is 1. The Morgan fingerprint density at radius 3 is 2.81 bits per heavy atom. The number of nitrogens with one attached hydrogen (secondary N) is 1. The molecule has 0 radical (unpaired) electrons. The summed E-state index contributed by atoms with van der Waals surface area (Å²) in [5.74, 6) is 4.58. The van der Waals surface area contributed by atoms with Crippen LogP contribution >= 0.6 is 0 Å². The van der Waals surface area contributed by atoms with Crippen molar-refractivity contribution in [3.63, 3.8) is 0 Å². The number of hydrogen-bond acceptors (Lipinski definition) is 6. The maximum Gasteiger partial charge on any atom is 0.283 e. The summed E-state index contributed by atoms with van der Waals surface area (Å²) < 4.78 is 1.28. The number of anilines is 1. The Labute approximate surface area is 121 Å². The molecule has 0 unspecified atom stereocenters. The van der Waals surface area contributed by atoms with Crippen LogP contribution in [0.25, 0.3) is 0 Å². The molecule has 1 amide bonds. The fourth-order valence-electron chi connectivity index (χ4n) is 1.71. The summed E-state index contributed by atoms with van der Waals surface area (Å²) in [5, 5.41) is 4.09. The van der Waals surface area contributed by atoms with E-state index in [9.17, 15) is 9.59 Å². The zero-order chi connectivity index (χ0) is 15.4. The predicted molar refractivity (Wildman–Crippen MR) is 77.8 cm³/mol. The molecule has 0 saturated heterocycles. The second kappa shape index (κ2) is 6.14. The molecule has 2 rings (SSSR count). The minimum absolute atomic E-state index is 0.179. The van der Waals surface area contributed by atoms with Crippen molar-refractivity contribution in [2.75, 3.05) is 19.0 Å². The minimum Gasteiger partial charge on any atom is -0.376 e. The number of nitrogens with two attached hydrogens (primary N) is 1. The average molecular weight is 288 g/mol. The van der Waals surface area contributed by atoms with Gasteiger partial charge in [0.05, 0.1) is 24.1 Å². The molecule has 3 N–H and O–H groups in total. The Balaban J connectivity index is 2.26. The monoisotopic (exact) mass is 288 g/mol. The molecule has 0 aromatic carbocycles. The Morgan fingerprint density at radius 2 is 2.19 bits per heavy atom. The van der Waals surface area contributed by atoms with Crippen LogP contribution in [0.15, 0.2) is 35.3 Å². The number of hydrazine groups is 1. The van der Waals surface area contributed by atoms with Crippen LogP contribution in [0.4, 0.5) is 5.69 Å². The number of pyridine rings is 1. The zero-order valence-electron chi connectivity index (χ0n) is 11.8. The van der Waals surface area contributed by atoms with E-state index in [-0.39, 0.29) is 17.8 Å². The van der Waals surface area contributed by atoms with Gasteiger partial charge in [-0.1, -0.05) is 6.07 Å². The van der Waals surface area contributed by atoms with Crippen molar-refractivity contribution in [2.45, 2.75) is 6.54 Å². The lowest BCUT2D eigenvalue weighted by molar-refractivity contribution is 0.0948. The first-order chi connectivity index (χ1) is 10.0. The number of carbonyl (C=O) groups is 1. The van der Waals surface area contributed by atoms with Crippen molar-refractivity contribution in [1.29, 1.82) is 0 Å². The smallest absolute Gasteiger partial charge is 0.283 e. The van der Waals surface area contributed by atoms with Gasteiger partial charge in [-0.3, -0.25) is 15.0 Å². The molecule has 110 valence electrons. The molecule has 2 aromatic rings. The summed E-state index contributed by atoms with van der Waals surface area (Å²) in [6.45, 7) is 0.179. The van der Waals surface area contributed by atoms with E-state index in [1.165, 1.54) is 16.8 Å². The maximum atomic E-state index is 12.0. The summed E-state index contributed by atoms with van der Waals surface area (Å²) in [6, 6.07) is 6.41. The summed E-state index contributed by atoms with van der Waals surface area (Å²) in [5.41, 5.74) is 3.23. The third-order valence-corrected chi connectivity index (χ3v) is 2.85. The molecule has 0 spiro atoms. The van der Waals surface area contributed by atoms with Crippen molar-refractivity contribution >= 4 is 11.6 Å². The SMILES string of the molecule is CN(C)c1cnn(Cc2cccc(C(=O)NN)n2)c(=O)c1. The highest BCUT2D eigenvalue weighted by Crippen LogP contribution is 2.05. The number of nitrogens with zero attached hydrogens (tertiary/aromatic N) is 4. The predicted octanol–water partition coefficient (Wildman–Crippen LogP) is -0.644. The van der Waals surface area contributed by atoms with Crippen molar-refractivity contribution in [1.82, 2.24) is 20.2 Å². The molecule has 0 saturated carbocycles.